The molecule has 5 nitrogen and oxygen atoms in total. The van der Waals surface area contributed by atoms with Gasteiger partial charge in [-0.05, 0) is 40.2 Å². The highest BCUT2D eigenvalue weighted by molar-refractivity contribution is 5.51. The molecule has 2 rings (SSSR count). The number of piperidine rings is 1. The minimum absolute atomic E-state index is 0.516. The molecule has 1 aromatic rings. The quantitative estimate of drug-likeness (QED) is 0.878. The molecule has 1 aliphatic rings. The molecule has 0 spiro atoms. The standard InChI is InChI=1S/C14H24N4O/c1-4-18(12-7-6-8-15-9-12)13-11(3)14(19-5-2)17-10-16-13/h10,12,15H,4-9H2,1-3H3. The van der Waals surface area contributed by atoms with Gasteiger partial charge in [-0.15, -0.1) is 0 Å². The predicted octanol–water partition coefficient (Wildman–Crippen LogP) is 1.76. The number of anilines is 1. The van der Waals surface area contributed by atoms with Gasteiger partial charge in [-0.1, -0.05) is 0 Å². The van der Waals surface area contributed by atoms with Crippen molar-refractivity contribution < 1.29 is 4.74 Å². The van der Waals surface area contributed by atoms with E-state index in [-0.39, 0.29) is 0 Å². The van der Waals surface area contributed by atoms with Crippen LogP contribution in [0.3, 0.4) is 0 Å². The monoisotopic (exact) mass is 264 g/mol. The second-order valence-electron chi connectivity index (χ2n) is 4.85. The molecule has 0 aromatic carbocycles. The number of likely N-dealkylation sites (N-methyl/N-ethyl adjacent to an activating group) is 1. The van der Waals surface area contributed by atoms with E-state index in [9.17, 15) is 0 Å². The summed E-state index contributed by atoms with van der Waals surface area (Å²) in [7, 11) is 0. The van der Waals surface area contributed by atoms with Crippen LogP contribution in [0.1, 0.15) is 32.3 Å². The van der Waals surface area contributed by atoms with Crippen molar-refractivity contribution in [3.8, 4) is 5.88 Å². The molecule has 1 unspecified atom stereocenters. The van der Waals surface area contributed by atoms with Crippen LogP contribution < -0.4 is 15.0 Å². The van der Waals surface area contributed by atoms with Gasteiger partial charge in [0.25, 0.3) is 0 Å². The van der Waals surface area contributed by atoms with Crippen LogP contribution in [0.25, 0.3) is 0 Å². The largest absolute Gasteiger partial charge is 0.478 e. The van der Waals surface area contributed by atoms with Crippen LogP contribution in [-0.2, 0) is 0 Å². The first-order valence-electron chi connectivity index (χ1n) is 7.19. The maximum Gasteiger partial charge on any atom is 0.221 e. The van der Waals surface area contributed by atoms with Crippen LogP contribution in [0.4, 0.5) is 5.82 Å². The van der Waals surface area contributed by atoms with Crippen LogP contribution in [-0.4, -0.2) is 42.3 Å². The van der Waals surface area contributed by atoms with Gasteiger partial charge in [0.2, 0.25) is 5.88 Å². The van der Waals surface area contributed by atoms with Gasteiger partial charge in [0.15, 0.2) is 0 Å². The molecule has 1 N–H and O–H groups in total. The number of nitrogens with one attached hydrogen (secondary N) is 1. The van der Waals surface area contributed by atoms with Crippen molar-refractivity contribution in [2.75, 3.05) is 31.1 Å². The number of rotatable bonds is 5. The highest BCUT2D eigenvalue weighted by Crippen LogP contribution is 2.26. The highest BCUT2D eigenvalue weighted by atomic mass is 16.5. The van der Waals surface area contributed by atoms with Crippen molar-refractivity contribution in [3.63, 3.8) is 0 Å². The molecule has 1 aromatic heterocycles. The summed E-state index contributed by atoms with van der Waals surface area (Å²) >= 11 is 0. The maximum atomic E-state index is 5.57. The Kier molecular flexibility index (Phi) is 4.96. The summed E-state index contributed by atoms with van der Waals surface area (Å²) in [4.78, 5) is 11.1. The molecule has 0 saturated carbocycles. The lowest BCUT2D eigenvalue weighted by Crippen LogP contribution is -2.46. The number of hydrogen-bond donors (Lipinski definition) is 1. The van der Waals surface area contributed by atoms with E-state index in [1.807, 2.05) is 13.8 Å². The van der Waals surface area contributed by atoms with Crippen LogP contribution >= 0.6 is 0 Å². The smallest absolute Gasteiger partial charge is 0.221 e. The van der Waals surface area contributed by atoms with Crippen molar-refractivity contribution in [1.82, 2.24) is 15.3 Å². The summed E-state index contributed by atoms with van der Waals surface area (Å²) in [5.41, 5.74) is 1.04. The van der Waals surface area contributed by atoms with Crippen LogP contribution in [0.15, 0.2) is 6.33 Å². The molecule has 2 heterocycles. The Morgan fingerprint density at radius 1 is 1.42 bits per heavy atom. The number of ether oxygens (including phenoxy) is 1. The second kappa shape index (κ2) is 6.70. The van der Waals surface area contributed by atoms with E-state index in [4.69, 9.17) is 4.74 Å². The third-order valence-electron chi connectivity index (χ3n) is 3.62. The topological polar surface area (TPSA) is 50.3 Å². The Hall–Kier alpha value is -1.36. The van der Waals surface area contributed by atoms with Gasteiger partial charge in [-0.3, -0.25) is 0 Å². The molecule has 106 valence electrons. The molecule has 1 atom stereocenters. The zero-order valence-electron chi connectivity index (χ0n) is 12.1. The zero-order chi connectivity index (χ0) is 13.7. The average Bonchev–Trinajstić information content (AvgIpc) is 2.45. The lowest BCUT2D eigenvalue weighted by Gasteiger charge is -2.35. The SMILES string of the molecule is CCOc1ncnc(N(CC)C2CCCNC2)c1C. The summed E-state index contributed by atoms with van der Waals surface area (Å²) < 4.78 is 5.57. The van der Waals surface area contributed by atoms with Crippen LogP contribution in [0, 0.1) is 6.92 Å². The third-order valence-corrected chi connectivity index (χ3v) is 3.62. The molecular weight excluding hydrogens is 240 g/mol. The first-order valence-corrected chi connectivity index (χ1v) is 7.19. The van der Waals surface area contributed by atoms with Crippen LogP contribution in [0.5, 0.6) is 5.88 Å². The van der Waals surface area contributed by atoms with E-state index < -0.39 is 0 Å². The van der Waals surface area contributed by atoms with E-state index in [1.54, 1.807) is 6.33 Å². The van der Waals surface area contributed by atoms with Crippen molar-refractivity contribution in [2.45, 2.75) is 39.7 Å². The Morgan fingerprint density at radius 3 is 2.89 bits per heavy atom. The van der Waals surface area contributed by atoms with Crippen molar-refractivity contribution in [3.05, 3.63) is 11.9 Å². The second-order valence-corrected chi connectivity index (χ2v) is 4.85. The lowest BCUT2D eigenvalue weighted by molar-refractivity contribution is 0.323. The minimum atomic E-state index is 0.516. The maximum absolute atomic E-state index is 5.57. The molecule has 5 heteroatoms. The van der Waals surface area contributed by atoms with E-state index >= 15 is 0 Å². The molecule has 19 heavy (non-hydrogen) atoms. The van der Waals surface area contributed by atoms with Gasteiger partial charge < -0.3 is 15.0 Å². The highest BCUT2D eigenvalue weighted by Gasteiger charge is 2.23. The third kappa shape index (κ3) is 3.15. The number of nitrogens with zero attached hydrogens (tertiary/aromatic N) is 3. The fraction of sp³-hybridized carbons (Fsp3) is 0.714. The predicted molar refractivity (Wildman–Crippen MR) is 76.8 cm³/mol. The normalized spacial score (nSPS) is 19.2. The molecule has 1 saturated heterocycles. The fourth-order valence-electron chi connectivity index (χ4n) is 2.68. The minimum Gasteiger partial charge on any atom is -0.478 e. The van der Waals surface area contributed by atoms with Gasteiger partial charge in [0.1, 0.15) is 12.1 Å². The van der Waals surface area contributed by atoms with Crippen molar-refractivity contribution in [1.29, 1.82) is 0 Å². The summed E-state index contributed by atoms with van der Waals surface area (Å²) in [5, 5.41) is 3.46. The Labute approximate surface area is 115 Å². The Balaban J connectivity index is 2.24. The summed E-state index contributed by atoms with van der Waals surface area (Å²) in [6.07, 6.45) is 4.05. The van der Waals surface area contributed by atoms with Gasteiger partial charge >= 0.3 is 0 Å². The van der Waals surface area contributed by atoms with Gasteiger partial charge in [0.05, 0.1) is 12.2 Å². The van der Waals surface area contributed by atoms with Crippen LogP contribution in [0.2, 0.25) is 0 Å². The summed E-state index contributed by atoms with van der Waals surface area (Å²) in [6, 6.07) is 0.516. The average molecular weight is 264 g/mol. The van der Waals surface area contributed by atoms with E-state index in [1.165, 1.54) is 12.8 Å². The molecule has 1 aliphatic heterocycles. The number of hydrogen-bond acceptors (Lipinski definition) is 5. The molecule has 0 aliphatic carbocycles. The van der Waals surface area contributed by atoms with E-state index in [0.29, 0.717) is 18.5 Å². The fourth-order valence-corrected chi connectivity index (χ4v) is 2.68. The van der Waals surface area contributed by atoms with Gasteiger partial charge in [0, 0.05) is 19.1 Å². The molecule has 1 fully saturated rings. The summed E-state index contributed by atoms with van der Waals surface area (Å²) in [5.74, 6) is 1.71. The Bertz CT molecular complexity index is 404. The molecular formula is C14H24N4O. The molecule has 0 radical (unpaired) electrons. The zero-order valence-corrected chi connectivity index (χ0v) is 12.1. The molecule has 0 amide bonds. The van der Waals surface area contributed by atoms with Crippen molar-refractivity contribution in [2.24, 2.45) is 0 Å². The summed E-state index contributed by atoms with van der Waals surface area (Å²) in [6.45, 7) is 9.94. The van der Waals surface area contributed by atoms with Gasteiger partial charge in [-0.25, -0.2) is 9.97 Å². The first-order chi connectivity index (χ1) is 9.27. The number of aromatic nitrogens is 2. The van der Waals surface area contributed by atoms with E-state index in [2.05, 4.69) is 27.1 Å². The first kappa shape index (κ1) is 14.1. The van der Waals surface area contributed by atoms with Crippen molar-refractivity contribution >= 4 is 5.82 Å². The lowest BCUT2D eigenvalue weighted by atomic mass is 10.1. The van der Waals surface area contributed by atoms with E-state index in [0.717, 1.165) is 31.0 Å². The molecule has 0 bridgehead atoms. The van der Waals surface area contributed by atoms with Gasteiger partial charge in [-0.2, -0.15) is 0 Å². The Morgan fingerprint density at radius 2 is 2.26 bits per heavy atom.